The third kappa shape index (κ3) is 17.5. The van der Waals surface area contributed by atoms with Crippen LogP contribution in [0.4, 0.5) is 35.9 Å². The molecule has 496 valence electrons. The minimum atomic E-state index is -4.40. The number of alkyl halides is 6. The molecule has 6 heterocycles. The molecule has 9 rings (SSSR count). The summed E-state index contributed by atoms with van der Waals surface area (Å²) < 4.78 is 94.9. The van der Waals surface area contributed by atoms with Gasteiger partial charge in [-0.3, -0.25) is 29.1 Å². The van der Waals surface area contributed by atoms with E-state index in [4.69, 9.17) is 9.47 Å². The van der Waals surface area contributed by atoms with Crippen LogP contribution in [0.15, 0.2) is 101 Å². The van der Waals surface area contributed by atoms with E-state index in [1.54, 1.807) is 31.1 Å². The summed E-state index contributed by atoms with van der Waals surface area (Å²) in [6, 6.07) is 20.0. The zero-order valence-electron chi connectivity index (χ0n) is 52.7. The molecule has 3 fully saturated rings. The molecule has 1 unspecified atom stereocenters. The number of methoxy groups -OCH3 is 3. The monoisotopic (exact) mass is 1350 g/mol. The molecule has 7 atom stereocenters. The number of aromatic nitrogens is 4. The number of H-pyrrole nitrogens is 2. The van der Waals surface area contributed by atoms with Gasteiger partial charge in [0.25, 0.3) is 0 Å². The molecule has 2 aromatic heterocycles. The first-order valence-corrected chi connectivity index (χ1v) is 31.2. The van der Waals surface area contributed by atoms with Crippen LogP contribution in [0.1, 0.15) is 109 Å². The van der Waals surface area contributed by atoms with Crippen LogP contribution in [0.25, 0.3) is 39.3 Å². The van der Waals surface area contributed by atoms with E-state index in [2.05, 4.69) is 56.2 Å². The number of allylic oxidation sites excluding steroid dienone is 1. The fraction of sp³-hybridized carbons (Fsp3) is 0.492. The van der Waals surface area contributed by atoms with Gasteiger partial charge in [0.15, 0.2) is 0 Å². The third-order valence-corrected chi connectivity index (χ3v) is 17.5. The lowest BCUT2D eigenvalue weighted by atomic mass is 9.90. The fourth-order valence-electron chi connectivity index (χ4n) is 12.1. The predicted molar refractivity (Wildman–Crippen MR) is 335 cm³/mol. The molecular weight excluding hydrogens is 1270 g/mol. The molecule has 0 spiro atoms. The van der Waals surface area contributed by atoms with Crippen LogP contribution in [-0.4, -0.2) is 166 Å². The van der Waals surface area contributed by atoms with Crippen LogP contribution in [0.2, 0.25) is 0 Å². The second-order valence-electron chi connectivity index (χ2n) is 24.5. The standard InChI is InChI=1S/C42H51F3N8O6.C23H27BrF3N3O3/c1-23(2)34(50-40(56)58-5)38(54)52-17-7-8-32(52)36-46-20-30(48-36)28-13-9-26(10-14-28)27-11-15-29(16-12-27)31-21-47-37(49-31)33-18-25(19-42(43,44)45)22-53(33)39(55)35(24(3)4)51-41(57)59-6;1-14(2)17(10-21(31)33-3)22(32)30-13-29(12-23(25,26)27)11-20(30)19-9-8-18(28-19)15-4-6-16(24)7-5-15/h9-16,20-21,23-25,32-35H,7-8,17-19,22H2,1-6H3,(H,46,48)(H,47,49)(H,50,56)(H,51,57);4-8,14,17,20H,9-13H2,1-3H3/t25?,32-,33-,34-,35-;17-,20-/m00/s1. The summed E-state index contributed by atoms with van der Waals surface area (Å²) in [5.74, 6) is -2.71. The zero-order chi connectivity index (χ0) is 66.9. The van der Waals surface area contributed by atoms with E-state index >= 15 is 0 Å². The number of esters is 1. The van der Waals surface area contributed by atoms with E-state index in [1.807, 2.05) is 107 Å². The zero-order valence-corrected chi connectivity index (χ0v) is 54.2. The molecular formula is C65H78BrF6N11O9. The van der Waals surface area contributed by atoms with Gasteiger partial charge in [0.05, 0.1) is 94.5 Å². The number of benzene rings is 3. The molecule has 92 heavy (non-hydrogen) atoms. The molecule has 4 aliphatic rings. The van der Waals surface area contributed by atoms with Crippen LogP contribution < -0.4 is 10.6 Å². The minimum Gasteiger partial charge on any atom is -0.469 e. The summed E-state index contributed by atoms with van der Waals surface area (Å²) in [6.07, 6.45) is -4.06. The Morgan fingerprint density at radius 1 is 0.620 bits per heavy atom. The highest BCUT2D eigenvalue weighted by Gasteiger charge is 2.47. The number of alkyl carbamates (subject to hydrolysis) is 2. The molecule has 0 saturated carbocycles. The highest BCUT2D eigenvalue weighted by atomic mass is 79.9. The van der Waals surface area contributed by atoms with Gasteiger partial charge in [-0.25, -0.2) is 19.6 Å². The fourth-order valence-corrected chi connectivity index (χ4v) is 12.4. The van der Waals surface area contributed by atoms with Gasteiger partial charge < -0.3 is 49.5 Å². The van der Waals surface area contributed by atoms with E-state index in [-0.39, 0.29) is 68.2 Å². The maximum absolute atomic E-state index is 13.7. The van der Waals surface area contributed by atoms with E-state index in [0.29, 0.717) is 36.0 Å². The Labute approximate surface area is 538 Å². The Balaban J connectivity index is 0.000000279. The van der Waals surface area contributed by atoms with Gasteiger partial charge in [0.1, 0.15) is 23.7 Å². The first kappa shape index (κ1) is 69.8. The number of carbonyl (C=O) groups excluding carboxylic acids is 6. The molecule has 0 bridgehead atoms. The second-order valence-corrected chi connectivity index (χ2v) is 25.4. The largest absolute Gasteiger partial charge is 0.469 e. The predicted octanol–water partition coefficient (Wildman–Crippen LogP) is 11.9. The van der Waals surface area contributed by atoms with Gasteiger partial charge in [-0.2, -0.15) is 26.3 Å². The van der Waals surface area contributed by atoms with Crippen LogP contribution in [0, 0.1) is 29.6 Å². The number of amides is 5. The van der Waals surface area contributed by atoms with Gasteiger partial charge in [0, 0.05) is 42.7 Å². The molecule has 3 saturated heterocycles. The van der Waals surface area contributed by atoms with Crippen LogP contribution in [0.5, 0.6) is 0 Å². The summed E-state index contributed by atoms with van der Waals surface area (Å²) in [6.45, 7) is 10.0. The average molecular weight is 1350 g/mol. The normalized spacial score (nSPS) is 19.5. The number of aliphatic imine (C=N–C) groups is 1. The maximum Gasteiger partial charge on any atom is 0.407 e. The third-order valence-electron chi connectivity index (χ3n) is 16.9. The van der Waals surface area contributed by atoms with Crippen LogP contribution >= 0.6 is 15.9 Å². The van der Waals surface area contributed by atoms with Gasteiger partial charge in [-0.1, -0.05) is 124 Å². The number of hydrogen-bond acceptors (Lipinski definition) is 13. The summed E-state index contributed by atoms with van der Waals surface area (Å²) in [5.41, 5.74) is 7.33. The van der Waals surface area contributed by atoms with Crippen molar-refractivity contribution in [2.24, 2.45) is 34.6 Å². The summed E-state index contributed by atoms with van der Waals surface area (Å²) in [4.78, 5) is 103. The van der Waals surface area contributed by atoms with Crippen molar-refractivity contribution in [3.05, 3.63) is 113 Å². The number of imidazole rings is 2. The minimum absolute atomic E-state index is 0.0363. The van der Waals surface area contributed by atoms with Gasteiger partial charge in [-0.05, 0) is 82.9 Å². The Morgan fingerprint density at radius 3 is 1.62 bits per heavy atom. The number of ether oxygens (including phenoxy) is 3. The molecule has 4 N–H and O–H groups in total. The Bertz CT molecular complexity index is 3460. The van der Waals surface area contributed by atoms with Crippen molar-refractivity contribution < 1.29 is 69.3 Å². The lowest BCUT2D eigenvalue weighted by molar-refractivity contribution is -0.151. The molecule has 20 nitrogen and oxygen atoms in total. The first-order chi connectivity index (χ1) is 43.5. The maximum atomic E-state index is 13.7. The van der Waals surface area contributed by atoms with E-state index < -0.39 is 85.4 Å². The second kappa shape index (κ2) is 30.1. The van der Waals surface area contributed by atoms with Crippen molar-refractivity contribution in [2.45, 2.75) is 123 Å². The lowest BCUT2D eigenvalue weighted by Crippen LogP contribution is -2.51. The number of nitrogens with zero attached hydrogens (tertiary/aromatic N) is 7. The highest BCUT2D eigenvalue weighted by molar-refractivity contribution is 9.10. The average Bonchev–Trinajstić information content (AvgIpc) is 1.68. The van der Waals surface area contributed by atoms with E-state index in [0.717, 1.165) is 56.5 Å². The first-order valence-electron chi connectivity index (χ1n) is 30.4. The smallest absolute Gasteiger partial charge is 0.407 e. The van der Waals surface area contributed by atoms with Crippen molar-refractivity contribution >= 4 is 63.2 Å². The molecule has 5 aromatic rings. The number of rotatable bonds is 19. The highest BCUT2D eigenvalue weighted by Crippen LogP contribution is 2.42. The Kier molecular flexibility index (Phi) is 22.9. The van der Waals surface area contributed by atoms with Crippen LogP contribution in [-0.2, 0) is 33.4 Å². The summed E-state index contributed by atoms with van der Waals surface area (Å²) in [7, 11) is 3.69. The van der Waals surface area contributed by atoms with Gasteiger partial charge >= 0.3 is 30.5 Å². The summed E-state index contributed by atoms with van der Waals surface area (Å²) >= 11 is 3.39. The molecule has 3 aromatic carbocycles. The van der Waals surface area contributed by atoms with Gasteiger partial charge in [0.2, 0.25) is 17.7 Å². The number of hydrogen-bond donors (Lipinski definition) is 4. The number of carbonyl (C=O) groups is 6. The number of halogens is 7. The summed E-state index contributed by atoms with van der Waals surface area (Å²) in [5, 5.41) is 5.20. The molecule has 0 aliphatic carbocycles. The molecule has 4 aliphatic heterocycles. The van der Waals surface area contributed by atoms with Crippen molar-refractivity contribution in [1.29, 1.82) is 0 Å². The van der Waals surface area contributed by atoms with Crippen molar-refractivity contribution in [1.82, 2.24) is 50.2 Å². The SMILES string of the molecule is COC(=O)C[C@H](C(=O)N1CN(CC(F)(F)F)C[C@H]1C1=NC(c2ccc(Br)cc2)=CC1)C(C)C.COC(=O)N[C@H](C(=O)N1CCC[C@H]1c1ncc(-c2ccc(-c3ccc(-c4cnc([C@@H]5CC(CC(F)(F)F)CN5C(=O)[C@@H](NC(=O)OC)C(C)C)[nH]4)cc3)cc2)[nH]1)C(C)C. The topological polar surface area (TPSA) is 237 Å². The van der Waals surface area contributed by atoms with E-state index in [9.17, 15) is 55.1 Å². The van der Waals surface area contributed by atoms with Crippen molar-refractivity contribution in [3.63, 3.8) is 0 Å². The van der Waals surface area contributed by atoms with Crippen LogP contribution in [0.3, 0.4) is 0 Å². The Morgan fingerprint density at radius 2 is 1.13 bits per heavy atom. The number of aromatic amines is 2. The molecule has 27 heteroatoms. The molecule has 0 radical (unpaired) electrons. The Hall–Kier alpha value is -8.07. The lowest BCUT2D eigenvalue weighted by Gasteiger charge is -2.30. The quantitative estimate of drug-likeness (QED) is 0.0343. The number of likely N-dealkylation sites (tertiary alicyclic amines) is 2. The van der Waals surface area contributed by atoms with E-state index in [1.165, 1.54) is 36.0 Å². The van der Waals surface area contributed by atoms with Crippen molar-refractivity contribution in [2.75, 3.05) is 54.2 Å². The van der Waals surface area contributed by atoms with Gasteiger partial charge in [-0.15, -0.1) is 0 Å². The number of nitrogens with one attached hydrogen (secondary N) is 4. The molecule has 5 amide bonds. The van der Waals surface area contributed by atoms with Crippen molar-refractivity contribution in [3.8, 4) is 33.6 Å².